The summed E-state index contributed by atoms with van der Waals surface area (Å²) in [6, 6.07) is 4.54. The number of hydrogen-bond acceptors (Lipinski definition) is 3. The Morgan fingerprint density at radius 3 is 3.00 bits per heavy atom. The van der Waals surface area contributed by atoms with Gasteiger partial charge in [0, 0.05) is 24.2 Å². The highest BCUT2D eigenvalue weighted by Crippen LogP contribution is 2.22. The van der Waals surface area contributed by atoms with Crippen molar-refractivity contribution in [3.63, 3.8) is 0 Å². The molecular formula is C16H18FN3OS. The van der Waals surface area contributed by atoms with Crippen LogP contribution in [-0.4, -0.2) is 22.5 Å². The molecule has 2 amide bonds. The summed E-state index contributed by atoms with van der Waals surface area (Å²) < 4.78 is 13.3. The van der Waals surface area contributed by atoms with E-state index in [0.717, 1.165) is 27.4 Å². The Hall–Kier alpha value is -1.95. The fourth-order valence-electron chi connectivity index (χ4n) is 2.61. The van der Waals surface area contributed by atoms with Crippen molar-refractivity contribution in [3.8, 4) is 0 Å². The summed E-state index contributed by atoms with van der Waals surface area (Å²) in [5, 5.41) is 3.86. The van der Waals surface area contributed by atoms with E-state index in [0.29, 0.717) is 13.1 Å². The first-order valence-corrected chi connectivity index (χ1v) is 8.09. The molecule has 0 spiro atoms. The Labute approximate surface area is 133 Å². The van der Waals surface area contributed by atoms with Crippen LogP contribution in [0.25, 0.3) is 0 Å². The van der Waals surface area contributed by atoms with Crippen molar-refractivity contribution >= 4 is 17.4 Å². The van der Waals surface area contributed by atoms with Gasteiger partial charge in [0.05, 0.1) is 6.04 Å². The Balaban J connectivity index is 1.66. The van der Waals surface area contributed by atoms with Crippen LogP contribution in [0.15, 0.2) is 24.4 Å². The fourth-order valence-corrected chi connectivity index (χ4v) is 3.39. The molecule has 0 fully saturated rings. The van der Waals surface area contributed by atoms with Crippen LogP contribution >= 0.6 is 11.3 Å². The molecule has 0 saturated heterocycles. The number of aryl methyl sites for hydroxylation is 1. The third-order valence-corrected chi connectivity index (χ3v) is 4.91. The summed E-state index contributed by atoms with van der Waals surface area (Å²) in [5.74, 6) is -0.257. The topological polar surface area (TPSA) is 45.2 Å². The fraction of sp³-hybridized carbons (Fsp3) is 0.375. The lowest BCUT2D eigenvalue weighted by molar-refractivity contribution is 0.189. The number of aromatic nitrogens is 1. The van der Waals surface area contributed by atoms with Crippen molar-refractivity contribution in [2.45, 2.75) is 32.9 Å². The SMILES string of the molecule is Cc1cnc(C(C)NC(=O)N2CCc3ccc(F)cc3C2)s1. The number of nitrogens with one attached hydrogen (secondary N) is 1. The predicted octanol–water partition coefficient (Wildman–Crippen LogP) is 3.42. The largest absolute Gasteiger partial charge is 0.329 e. The molecule has 6 heteroatoms. The van der Waals surface area contributed by atoms with E-state index in [-0.39, 0.29) is 17.9 Å². The lowest BCUT2D eigenvalue weighted by atomic mass is 10.00. The Bertz CT molecular complexity index is 700. The number of fused-ring (bicyclic) bond motifs is 1. The average molecular weight is 319 g/mol. The van der Waals surface area contributed by atoms with Crippen LogP contribution in [0.4, 0.5) is 9.18 Å². The number of hydrogen-bond donors (Lipinski definition) is 1. The summed E-state index contributed by atoms with van der Waals surface area (Å²) in [4.78, 5) is 19.5. The van der Waals surface area contributed by atoms with Crippen LogP contribution in [-0.2, 0) is 13.0 Å². The van der Waals surface area contributed by atoms with Gasteiger partial charge >= 0.3 is 6.03 Å². The van der Waals surface area contributed by atoms with Crippen molar-refractivity contribution in [1.29, 1.82) is 0 Å². The third-order valence-electron chi connectivity index (χ3n) is 3.82. The first-order chi connectivity index (χ1) is 10.5. The van der Waals surface area contributed by atoms with Gasteiger partial charge in [-0.25, -0.2) is 14.2 Å². The van der Waals surface area contributed by atoms with E-state index < -0.39 is 0 Å². The Morgan fingerprint density at radius 2 is 2.27 bits per heavy atom. The standard InChI is InChI=1S/C16H18FN3OS/c1-10-8-18-15(22-10)11(2)19-16(21)20-6-5-12-3-4-14(17)7-13(12)9-20/h3-4,7-8,11H,5-6,9H2,1-2H3,(H,19,21). The molecule has 4 nitrogen and oxygen atoms in total. The Morgan fingerprint density at radius 1 is 1.45 bits per heavy atom. The molecule has 1 atom stereocenters. The maximum atomic E-state index is 13.3. The van der Waals surface area contributed by atoms with Crippen molar-refractivity contribution < 1.29 is 9.18 Å². The van der Waals surface area contributed by atoms with Gasteiger partial charge in [-0.3, -0.25) is 0 Å². The zero-order chi connectivity index (χ0) is 15.7. The van der Waals surface area contributed by atoms with Gasteiger partial charge in [-0.15, -0.1) is 11.3 Å². The first-order valence-electron chi connectivity index (χ1n) is 7.28. The van der Waals surface area contributed by atoms with E-state index in [2.05, 4.69) is 10.3 Å². The molecule has 1 aliphatic rings. The van der Waals surface area contributed by atoms with Gasteiger partial charge in [0.25, 0.3) is 0 Å². The van der Waals surface area contributed by atoms with Gasteiger partial charge in [0.2, 0.25) is 0 Å². The summed E-state index contributed by atoms with van der Waals surface area (Å²) in [6.07, 6.45) is 2.57. The molecule has 1 unspecified atom stereocenters. The molecule has 3 rings (SSSR count). The van der Waals surface area contributed by atoms with Gasteiger partial charge in [-0.1, -0.05) is 6.07 Å². The van der Waals surface area contributed by atoms with Crippen molar-refractivity contribution in [2.75, 3.05) is 6.54 Å². The Kier molecular flexibility index (Phi) is 4.11. The monoisotopic (exact) mass is 319 g/mol. The van der Waals surface area contributed by atoms with Gasteiger partial charge < -0.3 is 10.2 Å². The van der Waals surface area contributed by atoms with E-state index in [4.69, 9.17) is 0 Å². The molecule has 2 aromatic rings. The quantitative estimate of drug-likeness (QED) is 0.922. The van der Waals surface area contributed by atoms with Crippen LogP contribution in [0, 0.1) is 12.7 Å². The van der Waals surface area contributed by atoms with E-state index in [1.54, 1.807) is 22.3 Å². The number of carbonyl (C=O) groups excluding carboxylic acids is 1. The minimum Gasteiger partial charge on any atom is -0.329 e. The van der Waals surface area contributed by atoms with Gasteiger partial charge in [-0.2, -0.15) is 0 Å². The minimum atomic E-state index is -0.257. The minimum absolute atomic E-state index is 0.125. The molecule has 1 N–H and O–H groups in total. The smallest absolute Gasteiger partial charge is 0.318 e. The lowest BCUT2D eigenvalue weighted by Crippen LogP contribution is -2.43. The molecule has 116 valence electrons. The third kappa shape index (κ3) is 3.11. The molecule has 0 saturated carbocycles. The molecule has 1 aliphatic heterocycles. The molecule has 1 aromatic heterocycles. The summed E-state index contributed by atoms with van der Waals surface area (Å²) in [6.45, 7) is 5.01. The van der Waals surface area contributed by atoms with Crippen molar-refractivity contribution in [3.05, 3.63) is 51.2 Å². The van der Waals surface area contributed by atoms with Crippen LogP contribution in [0.1, 0.15) is 34.0 Å². The second-order valence-corrected chi connectivity index (χ2v) is 6.83. The van der Waals surface area contributed by atoms with E-state index >= 15 is 0 Å². The lowest BCUT2D eigenvalue weighted by Gasteiger charge is -2.30. The summed E-state index contributed by atoms with van der Waals surface area (Å²) in [7, 11) is 0. The number of carbonyl (C=O) groups is 1. The number of urea groups is 1. The van der Waals surface area contributed by atoms with Crippen LogP contribution in [0.5, 0.6) is 0 Å². The highest BCUT2D eigenvalue weighted by atomic mass is 32.1. The molecule has 0 radical (unpaired) electrons. The van der Waals surface area contributed by atoms with Crippen LogP contribution < -0.4 is 5.32 Å². The molecule has 0 bridgehead atoms. The average Bonchev–Trinajstić information content (AvgIpc) is 2.93. The van der Waals surface area contributed by atoms with Gasteiger partial charge in [0.1, 0.15) is 10.8 Å². The van der Waals surface area contributed by atoms with Gasteiger partial charge in [-0.05, 0) is 43.5 Å². The highest BCUT2D eigenvalue weighted by Gasteiger charge is 2.23. The summed E-state index contributed by atoms with van der Waals surface area (Å²) in [5.41, 5.74) is 2.01. The number of benzene rings is 1. The predicted molar refractivity (Wildman–Crippen MR) is 84.3 cm³/mol. The van der Waals surface area contributed by atoms with Crippen molar-refractivity contribution in [1.82, 2.24) is 15.2 Å². The second-order valence-electron chi connectivity index (χ2n) is 5.56. The zero-order valence-electron chi connectivity index (χ0n) is 12.6. The number of nitrogens with zero attached hydrogens (tertiary/aromatic N) is 2. The normalized spacial score (nSPS) is 15.3. The number of halogens is 1. The number of thiazole rings is 1. The van der Waals surface area contributed by atoms with E-state index in [1.807, 2.05) is 20.0 Å². The first kappa shape index (κ1) is 15.0. The zero-order valence-corrected chi connectivity index (χ0v) is 13.4. The maximum absolute atomic E-state index is 13.3. The highest BCUT2D eigenvalue weighted by molar-refractivity contribution is 7.11. The second kappa shape index (κ2) is 6.04. The van der Waals surface area contributed by atoms with E-state index in [1.165, 1.54) is 12.1 Å². The van der Waals surface area contributed by atoms with Crippen LogP contribution in [0.2, 0.25) is 0 Å². The van der Waals surface area contributed by atoms with E-state index in [9.17, 15) is 9.18 Å². The molecule has 2 heterocycles. The molecule has 0 aliphatic carbocycles. The van der Waals surface area contributed by atoms with Gasteiger partial charge in [0.15, 0.2) is 0 Å². The molecule has 22 heavy (non-hydrogen) atoms. The molecule has 1 aromatic carbocycles. The summed E-state index contributed by atoms with van der Waals surface area (Å²) >= 11 is 1.58. The van der Waals surface area contributed by atoms with Crippen LogP contribution in [0.3, 0.4) is 0 Å². The number of rotatable bonds is 2. The van der Waals surface area contributed by atoms with Crippen molar-refractivity contribution in [2.24, 2.45) is 0 Å². The number of amides is 2. The maximum Gasteiger partial charge on any atom is 0.318 e. The molecular weight excluding hydrogens is 301 g/mol.